The molecule has 0 saturated heterocycles. The molecule has 2 N–H and O–H groups in total. The number of nitrogens with zero attached hydrogens (tertiary/aromatic N) is 1. The van der Waals surface area contributed by atoms with E-state index in [1.807, 2.05) is 0 Å². The lowest BCUT2D eigenvalue weighted by Crippen LogP contribution is -2.43. The number of urea groups is 1. The van der Waals surface area contributed by atoms with Gasteiger partial charge in [-0.3, -0.25) is 14.9 Å². The highest BCUT2D eigenvalue weighted by atomic mass is 16.6. The molecule has 0 aliphatic heterocycles. The zero-order chi connectivity index (χ0) is 18.1. The van der Waals surface area contributed by atoms with Crippen LogP contribution in [-0.4, -0.2) is 43.2 Å². The molecule has 0 saturated carbocycles. The summed E-state index contributed by atoms with van der Waals surface area (Å²) in [4.78, 5) is 45.0. The summed E-state index contributed by atoms with van der Waals surface area (Å²) in [7, 11) is 1.12. The number of rotatable bonds is 7. The molecule has 1 aromatic rings. The number of hydrogen-bond acceptors (Lipinski definition) is 7. The molecule has 1 rings (SSSR count). The Balaban J connectivity index is 2.85. The summed E-state index contributed by atoms with van der Waals surface area (Å²) in [6, 6.07) is 3.11. The third kappa shape index (κ3) is 5.55. The number of carbonyl (C=O) groups excluding carboxylic acids is 3. The highest BCUT2D eigenvalue weighted by molar-refractivity contribution is 5.86. The standard InChI is InChI=1S/C14H17N3O7/c1-3-24-11(18)8-15-14(20)16-12(13(19)23-2)9-5-4-6-10(7-9)17(21)22/h4-7,12H,3,8H2,1-2H3,(H2,15,16,20). The molecule has 1 aromatic carbocycles. The smallest absolute Gasteiger partial charge is 0.333 e. The van der Waals surface area contributed by atoms with E-state index >= 15 is 0 Å². The van der Waals surface area contributed by atoms with E-state index in [1.165, 1.54) is 18.2 Å². The van der Waals surface area contributed by atoms with E-state index in [0.717, 1.165) is 13.2 Å². The molecule has 0 spiro atoms. The molecule has 10 heteroatoms. The van der Waals surface area contributed by atoms with Crippen LogP contribution in [0.5, 0.6) is 0 Å². The first kappa shape index (κ1) is 18.9. The number of benzene rings is 1. The number of esters is 2. The summed E-state index contributed by atoms with van der Waals surface area (Å²) < 4.78 is 9.23. The van der Waals surface area contributed by atoms with Gasteiger partial charge in [-0.15, -0.1) is 0 Å². The van der Waals surface area contributed by atoms with Gasteiger partial charge in [-0.25, -0.2) is 9.59 Å². The second-order valence-corrected chi connectivity index (χ2v) is 4.44. The van der Waals surface area contributed by atoms with Crippen LogP contribution in [0, 0.1) is 10.1 Å². The number of ether oxygens (including phenoxy) is 2. The number of methoxy groups -OCH3 is 1. The van der Waals surface area contributed by atoms with Crippen molar-refractivity contribution in [2.24, 2.45) is 0 Å². The molecule has 0 aliphatic carbocycles. The number of amides is 2. The molecule has 130 valence electrons. The highest BCUT2D eigenvalue weighted by Crippen LogP contribution is 2.20. The van der Waals surface area contributed by atoms with Crippen LogP contribution in [0.4, 0.5) is 10.5 Å². The molecule has 1 unspecified atom stereocenters. The van der Waals surface area contributed by atoms with Crippen molar-refractivity contribution in [2.45, 2.75) is 13.0 Å². The monoisotopic (exact) mass is 339 g/mol. The average molecular weight is 339 g/mol. The van der Waals surface area contributed by atoms with Crippen molar-refractivity contribution in [3.05, 3.63) is 39.9 Å². The first-order valence-corrected chi connectivity index (χ1v) is 6.91. The SMILES string of the molecule is CCOC(=O)CNC(=O)NC(C(=O)OC)c1cccc([N+](=O)[O-])c1. The number of hydrogen-bond donors (Lipinski definition) is 2. The quantitative estimate of drug-likeness (QED) is 0.423. The van der Waals surface area contributed by atoms with E-state index in [9.17, 15) is 24.5 Å². The molecule has 0 aliphatic rings. The van der Waals surface area contributed by atoms with Crippen LogP contribution in [0.1, 0.15) is 18.5 Å². The number of nitrogens with one attached hydrogen (secondary N) is 2. The van der Waals surface area contributed by atoms with Gasteiger partial charge < -0.3 is 20.1 Å². The van der Waals surface area contributed by atoms with Crippen molar-refractivity contribution in [1.82, 2.24) is 10.6 Å². The topological polar surface area (TPSA) is 137 Å². The maximum absolute atomic E-state index is 11.8. The summed E-state index contributed by atoms with van der Waals surface area (Å²) in [6.07, 6.45) is 0. The fourth-order valence-corrected chi connectivity index (χ4v) is 1.76. The molecule has 1 atom stereocenters. The molecule has 0 heterocycles. The summed E-state index contributed by atoms with van der Waals surface area (Å²) in [5.74, 6) is -1.46. The molecule has 10 nitrogen and oxygen atoms in total. The van der Waals surface area contributed by atoms with Gasteiger partial charge in [0.2, 0.25) is 0 Å². The fraction of sp³-hybridized carbons (Fsp3) is 0.357. The minimum absolute atomic E-state index is 0.167. The van der Waals surface area contributed by atoms with Crippen LogP contribution in [0.25, 0.3) is 0 Å². The summed E-state index contributed by atoms with van der Waals surface area (Å²) >= 11 is 0. The lowest BCUT2D eigenvalue weighted by Gasteiger charge is -2.17. The normalized spacial score (nSPS) is 11.1. The van der Waals surface area contributed by atoms with Crippen LogP contribution in [0.15, 0.2) is 24.3 Å². The van der Waals surface area contributed by atoms with E-state index in [2.05, 4.69) is 20.1 Å². The number of nitro groups is 1. The molecule has 0 fully saturated rings. The van der Waals surface area contributed by atoms with Crippen molar-refractivity contribution in [2.75, 3.05) is 20.3 Å². The average Bonchev–Trinajstić information content (AvgIpc) is 2.57. The Kier molecular flexibility index (Phi) is 7.14. The summed E-state index contributed by atoms with van der Waals surface area (Å²) in [5.41, 5.74) is -0.0718. The first-order chi connectivity index (χ1) is 11.4. The van der Waals surface area contributed by atoms with Gasteiger partial charge in [0.15, 0.2) is 6.04 Å². The van der Waals surface area contributed by atoms with Crippen LogP contribution < -0.4 is 10.6 Å². The van der Waals surface area contributed by atoms with Crippen molar-refractivity contribution in [3.8, 4) is 0 Å². The Morgan fingerprint density at radius 1 is 1.33 bits per heavy atom. The Hall–Kier alpha value is -3.17. The van der Waals surface area contributed by atoms with E-state index < -0.39 is 28.9 Å². The first-order valence-electron chi connectivity index (χ1n) is 6.91. The van der Waals surface area contributed by atoms with Gasteiger partial charge in [0, 0.05) is 12.1 Å². The maximum Gasteiger partial charge on any atom is 0.333 e. The maximum atomic E-state index is 11.8. The second-order valence-electron chi connectivity index (χ2n) is 4.44. The lowest BCUT2D eigenvalue weighted by molar-refractivity contribution is -0.384. The third-order valence-electron chi connectivity index (χ3n) is 2.83. The van der Waals surface area contributed by atoms with Gasteiger partial charge in [0.25, 0.3) is 5.69 Å². The summed E-state index contributed by atoms with van der Waals surface area (Å²) in [5, 5.41) is 15.3. The van der Waals surface area contributed by atoms with Gasteiger partial charge in [-0.05, 0) is 12.5 Å². The van der Waals surface area contributed by atoms with E-state index in [1.54, 1.807) is 6.92 Å². The van der Waals surface area contributed by atoms with Gasteiger partial charge in [-0.2, -0.15) is 0 Å². The predicted molar refractivity (Wildman–Crippen MR) is 81.0 cm³/mol. The van der Waals surface area contributed by atoms with Gasteiger partial charge in [-0.1, -0.05) is 12.1 Å². The largest absolute Gasteiger partial charge is 0.467 e. The Morgan fingerprint density at radius 3 is 2.62 bits per heavy atom. The molecule has 0 bridgehead atoms. The zero-order valence-electron chi connectivity index (χ0n) is 13.1. The number of nitro benzene ring substituents is 1. The molecule has 24 heavy (non-hydrogen) atoms. The minimum Gasteiger partial charge on any atom is -0.467 e. The van der Waals surface area contributed by atoms with Crippen LogP contribution in [0.3, 0.4) is 0 Å². The lowest BCUT2D eigenvalue weighted by atomic mass is 10.1. The zero-order valence-corrected chi connectivity index (χ0v) is 13.1. The Bertz CT molecular complexity index is 633. The molecular formula is C14H17N3O7. The van der Waals surface area contributed by atoms with Crippen molar-refractivity contribution in [3.63, 3.8) is 0 Å². The minimum atomic E-state index is -1.27. The van der Waals surface area contributed by atoms with Gasteiger partial charge in [0.1, 0.15) is 6.54 Å². The molecule has 0 aromatic heterocycles. The second kappa shape index (κ2) is 9.08. The van der Waals surface area contributed by atoms with Gasteiger partial charge >= 0.3 is 18.0 Å². The van der Waals surface area contributed by atoms with E-state index in [0.29, 0.717) is 0 Å². The predicted octanol–water partition coefficient (Wildman–Crippen LogP) is 0.671. The number of non-ortho nitro benzene ring substituents is 1. The highest BCUT2D eigenvalue weighted by Gasteiger charge is 2.25. The van der Waals surface area contributed by atoms with E-state index in [-0.39, 0.29) is 24.4 Å². The summed E-state index contributed by atoms with van der Waals surface area (Å²) in [6.45, 7) is 1.40. The molecular weight excluding hydrogens is 322 g/mol. The van der Waals surface area contributed by atoms with Gasteiger partial charge in [0.05, 0.1) is 18.6 Å². The van der Waals surface area contributed by atoms with Crippen molar-refractivity contribution in [1.29, 1.82) is 0 Å². The fourth-order valence-electron chi connectivity index (χ4n) is 1.76. The molecule has 0 radical (unpaired) electrons. The Labute approximate surface area is 137 Å². The van der Waals surface area contributed by atoms with Crippen molar-refractivity contribution < 1.29 is 28.8 Å². The van der Waals surface area contributed by atoms with E-state index in [4.69, 9.17) is 0 Å². The third-order valence-corrected chi connectivity index (χ3v) is 2.83. The number of carbonyl (C=O) groups is 3. The molecule has 2 amide bonds. The van der Waals surface area contributed by atoms with Crippen LogP contribution >= 0.6 is 0 Å². The van der Waals surface area contributed by atoms with Crippen LogP contribution in [0.2, 0.25) is 0 Å². The van der Waals surface area contributed by atoms with Crippen LogP contribution in [-0.2, 0) is 19.1 Å². The Morgan fingerprint density at radius 2 is 2.04 bits per heavy atom. The van der Waals surface area contributed by atoms with Crippen molar-refractivity contribution >= 4 is 23.7 Å².